The molecule has 0 spiro atoms. The molecule has 2 aromatic carbocycles. The van der Waals surface area contributed by atoms with E-state index in [-0.39, 0.29) is 5.69 Å². The van der Waals surface area contributed by atoms with Crippen LogP contribution in [0.2, 0.25) is 0 Å². The number of aromatic nitrogens is 1. The Hall–Kier alpha value is -3.28. The zero-order chi connectivity index (χ0) is 17.1. The van der Waals surface area contributed by atoms with E-state index in [0.717, 1.165) is 22.3 Å². The maximum absolute atomic E-state index is 10.9. The van der Waals surface area contributed by atoms with Gasteiger partial charge in [0.2, 0.25) is 0 Å². The number of H-pyrrole nitrogens is 1. The van der Waals surface area contributed by atoms with Crippen LogP contribution >= 0.6 is 0 Å². The predicted molar refractivity (Wildman–Crippen MR) is 93.4 cm³/mol. The van der Waals surface area contributed by atoms with Crippen LogP contribution in [-0.2, 0) is 0 Å². The Morgan fingerprint density at radius 2 is 1.88 bits per heavy atom. The minimum Gasteiger partial charge on any atom is -0.497 e. The Kier molecular flexibility index (Phi) is 4.20. The third-order valence-corrected chi connectivity index (χ3v) is 3.72. The van der Waals surface area contributed by atoms with Crippen molar-refractivity contribution in [3.8, 4) is 11.5 Å². The number of methoxy groups -OCH3 is 2. The monoisotopic (exact) mass is 324 g/mol. The summed E-state index contributed by atoms with van der Waals surface area (Å²) >= 11 is 0. The van der Waals surface area contributed by atoms with Gasteiger partial charge in [-0.15, -0.1) is 0 Å². The number of rotatable bonds is 5. The number of ether oxygens (including phenoxy) is 2. The van der Waals surface area contributed by atoms with Gasteiger partial charge in [-0.3, -0.25) is 10.1 Å². The summed E-state index contributed by atoms with van der Waals surface area (Å²) in [4.78, 5) is 13.8. The van der Waals surface area contributed by atoms with Gasteiger partial charge in [0.05, 0.1) is 19.1 Å². The number of benzene rings is 2. The number of non-ortho nitro benzene ring substituents is 1. The molecule has 0 saturated heterocycles. The van der Waals surface area contributed by atoms with Crippen molar-refractivity contribution in [1.29, 1.82) is 0 Å². The quantitative estimate of drug-likeness (QED) is 0.562. The fourth-order valence-electron chi connectivity index (χ4n) is 2.50. The molecule has 0 saturated carbocycles. The normalized spacial score (nSPS) is 11.1. The fourth-order valence-corrected chi connectivity index (χ4v) is 2.50. The highest BCUT2D eigenvalue weighted by Gasteiger charge is 2.09. The van der Waals surface area contributed by atoms with Gasteiger partial charge in [-0.25, -0.2) is 0 Å². The fraction of sp³-hybridized carbons (Fsp3) is 0.111. The van der Waals surface area contributed by atoms with Crippen molar-refractivity contribution in [1.82, 2.24) is 4.98 Å². The van der Waals surface area contributed by atoms with Crippen molar-refractivity contribution in [2.24, 2.45) is 0 Å². The number of nitro groups is 1. The SMILES string of the molecule is COc1ccc2[nH]c(C=Cc3cc([N+](=O)[O-])ccc3OC)cc2c1. The van der Waals surface area contributed by atoms with E-state index in [1.807, 2.05) is 30.3 Å². The molecule has 0 aliphatic carbocycles. The van der Waals surface area contributed by atoms with Gasteiger partial charge < -0.3 is 14.5 Å². The molecule has 1 N–H and O–H groups in total. The van der Waals surface area contributed by atoms with Crippen LogP contribution in [0.4, 0.5) is 5.69 Å². The first-order chi connectivity index (χ1) is 11.6. The van der Waals surface area contributed by atoms with Gasteiger partial charge in [0, 0.05) is 34.3 Å². The van der Waals surface area contributed by atoms with Gasteiger partial charge >= 0.3 is 0 Å². The van der Waals surface area contributed by atoms with E-state index in [0.29, 0.717) is 11.3 Å². The summed E-state index contributed by atoms with van der Waals surface area (Å²) in [7, 11) is 3.16. The van der Waals surface area contributed by atoms with E-state index in [1.54, 1.807) is 19.3 Å². The van der Waals surface area contributed by atoms with Gasteiger partial charge in [-0.2, -0.15) is 0 Å². The van der Waals surface area contributed by atoms with Crippen LogP contribution in [0.15, 0.2) is 42.5 Å². The molecule has 0 atom stereocenters. The highest BCUT2D eigenvalue weighted by atomic mass is 16.6. The molecule has 0 amide bonds. The molecular weight excluding hydrogens is 308 g/mol. The number of nitrogens with zero attached hydrogens (tertiary/aromatic N) is 1. The summed E-state index contributed by atoms with van der Waals surface area (Å²) in [6.45, 7) is 0. The lowest BCUT2D eigenvalue weighted by molar-refractivity contribution is -0.384. The Bertz CT molecular complexity index is 928. The molecule has 0 aliphatic heterocycles. The molecule has 24 heavy (non-hydrogen) atoms. The summed E-state index contributed by atoms with van der Waals surface area (Å²) in [5.74, 6) is 1.37. The standard InChI is InChI=1S/C18H16N2O4/c1-23-16-6-7-17-13(11-16)9-14(19-17)4-3-12-10-15(20(21)22)5-8-18(12)24-2/h3-11,19H,1-2H3. The highest BCUT2D eigenvalue weighted by Crippen LogP contribution is 2.27. The summed E-state index contributed by atoms with van der Waals surface area (Å²) < 4.78 is 10.5. The summed E-state index contributed by atoms with van der Waals surface area (Å²) in [6.07, 6.45) is 3.64. The predicted octanol–water partition coefficient (Wildman–Crippen LogP) is 4.26. The minimum atomic E-state index is -0.425. The molecule has 3 rings (SSSR count). The Morgan fingerprint density at radius 3 is 2.58 bits per heavy atom. The third kappa shape index (κ3) is 3.08. The Morgan fingerprint density at radius 1 is 1.04 bits per heavy atom. The molecule has 3 aromatic rings. The van der Waals surface area contributed by atoms with Crippen LogP contribution < -0.4 is 9.47 Å². The second-order valence-electron chi connectivity index (χ2n) is 5.19. The van der Waals surface area contributed by atoms with Gasteiger partial charge in [0.1, 0.15) is 11.5 Å². The molecule has 1 heterocycles. The van der Waals surface area contributed by atoms with Crippen molar-refractivity contribution in [2.45, 2.75) is 0 Å². The molecule has 1 aromatic heterocycles. The topological polar surface area (TPSA) is 77.4 Å². The van der Waals surface area contributed by atoms with Crippen LogP contribution in [0.1, 0.15) is 11.3 Å². The van der Waals surface area contributed by atoms with Gasteiger partial charge in [-0.1, -0.05) is 0 Å². The molecule has 6 nitrogen and oxygen atoms in total. The van der Waals surface area contributed by atoms with E-state index in [4.69, 9.17) is 9.47 Å². The molecule has 0 aliphatic rings. The van der Waals surface area contributed by atoms with Crippen molar-refractivity contribution >= 4 is 28.7 Å². The van der Waals surface area contributed by atoms with Crippen LogP contribution in [0.5, 0.6) is 11.5 Å². The smallest absolute Gasteiger partial charge is 0.270 e. The van der Waals surface area contributed by atoms with Gasteiger partial charge in [0.15, 0.2) is 0 Å². The highest BCUT2D eigenvalue weighted by molar-refractivity contribution is 5.86. The Labute approximate surface area is 138 Å². The summed E-state index contributed by atoms with van der Waals surface area (Å²) in [5.41, 5.74) is 2.54. The van der Waals surface area contributed by atoms with Crippen LogP contribution in [0.25, 0.3) is 23.1 Å². The van der Waals surface area contributed by atoms with Gasteiger partial charge in [-0.05, 0) is 42.5 Å². The van der Waals surface area contributed by atoms with E-state index >= 15 is 0 Å². The number of nitrogens with one attached hydrogen (secondary N) is 1. The first kappa shape index (κ1) is 15.6. The van der Waals surface area contributed by atoms with Crippen molar-refractivity contribution in [3.63, 3.8) is 0 Å². The molecule has 0 radical (unpaired) electrons. The lowest BCUT2D eigenvalue weighted by Gasteiger charge is -2.03. The Balaban J connectivity index is 1.95. The number of hydrogen-bond donors (Lipinski definition) is 1. The second kappa shape index (κ2) is 6.45. The first-order valence-electron chi connectivity index (χ1n) is 7.28. The molecule has 122 valence electrons. The summed E-state index contributed by atoms with van der Waals surface area (Å²) in [6, 6.07) is 12.3. The zero-order valence-electron chi connectivity index (χ0n) is 13.3. The lowest BCUT2D eigenvalue weighted by Crippen LogP contribution is -1.91. The van der Waals surface area contributed by atoms with Crippen LogP contribution in [0.3, 0.4) is 0 Å². The average molecular weight is 324 g/mol. The lowest BCUT2D eigenvalue weighted by atomic mass is 10.1. The van der Waals surface area contributed by atoms with Crippen molar-refractivity contribution < 1.29 is 14.4 Å². The zero-order valence-corrected chi connectivity index (χ0v) is 13.3. The minimum absolute atomic E-state index is 0.0248. The van der Waals surface area contributed by atoms with E-state index in [9.17, 15) is 10.1 Å². The van der Waals surface area contributed by atoms with Crippen molar-refractivity contribution in [2.75, 3.05) is 14.2 Å². The molecule has 0 fully saturated rings. The van der Waals surface area contributed by atoms with Gasteiger partial charge in [0.25, 0.3) is 5.69 Å². The maximum atomic E-state index is 10.9. The molecule has 0 unspecified atom stereocenters. The van der Waals surface area contributed by atoms with E-state index in [2.05, 4.69) is 4.98 Å². The number of nitro benzene ring substituents is 1. The van der Waals surface area contributed by atoms with Crippen LogP contribution in [-0.4, -0.2) is 24.1 Å². The number of fused-ring (bicyclic) bond motifs is 1. The van der Waals surface area contributed by atoms with Crippen molar-refractivity contribution in [3.05, 3.63) is 63.8 Å². The molecule has 6 heteroatoms. The van der Waals surface area contributed by atoms with E-state index in [1.165, 1.54) is 19.2 Å². The first-order valence-corrected chi connectivity index (χ1v) is 7.28. The molecular formula is C18H16N2O4. The maximum Gasteiger partial charge on any atom is 0.270 e. The number of aromatic amines is 1. The largest absolute Gasteiger partial charge is 0.497 e. The molecule has 0 bridgehead atoms. The summed E-state index contributed by atoms with van der Waals surface area (Å²) in [5, 5.41) is 12.0. The number of hydrogen-bond acceptors (Lipinski definition) is 4. The van der Waals surface area contributed by atoms with Crippen LogP contribution in [0, 0.1) is 10.1 Å². The second-order valence-corrected chi connectivity index (χ2v) is 5.19. The average Bonchev–Trinajstić information content (AvgIpc) is 3.01. The third-order valence-electron chi connectivity index (χ3n) is 3.72. The van der Waals surface area contributed by atoms with E-state index < -0.39 is 4.92 Å².